The van der Waals surface area contributed by atoms with Crippen LogP contribution in [0.4, 0.5) is 4.39 Å². The van der Waals surface area contributed by atoms with E-state index >= 15 is 0 Å². The number of esters is 2. The van der Waals surface area contributed by atoms with Crippen molar-refractivity contribution in [3.63, 3.8) is 0 Å². The molecule has 0 rings (SSSR count). The Morgan fingerprint density at radius 3 is 1.31 bits per heavy atom. The van der Waals surface area contributed by atoms with Gasteiger partial charge in [0.15, 0.2) is 12.3 Å². The van der Waals surface area contributed by atoms with Crippen molar-refractivity contribution >= 4 is 32.2 Å². The minimum Gasteiger partial charge on any atom is -1.00 e. The Bertz CT molecular complexity index is 558. The number of carbonyl (C=O) groups excluding carboxylic acids is 2. The van der Waals surface area contributed by atoms with Crippen LogP contribution in [0.3, 0.4) is 0 Å². The predicted octanol–water partition coefficient (Wildman–Crippen LogP) is -9.79. The molecule has 0 N–H and O–H groups in total. The number of rotatable bonds is 4. The largest absolute Gasteiger partial charge is 1.00 e. The van der Waals surface area contributed by atoms with Gasteiger partial charge in [-0.05, 0) is 13.8 Å². The second-order valence-corrected chi connectivity index (χ2v) is 6.82. The zero-order valence-electron chi connectivity index (χ0n) is 15.8. The number of methoxy groups -OCH3 is 2. The molecule has 0 fully saturated rings. The average Bonchev–Trinajstić information content (AvgIpc) is 2.33. The summed E-state index contributed by atoms with van der Waals surface area (Å²) in [6.45, 7) is 2.43. The second-order valence-electron chi connectivity index (χ2n) is 3.81. The molecule has 0 saturated carbocycles. The molecule has 16 heteroatoms. The average molecular weight is 481 g/mol. The Kier molecular flexibility index (Phi) is 35.0. The van der Waals surface area contributed by atoms with Gasteiger partial charge in [-0.2, -0.15) is 8.42 Å². The van der Waals surface area contributed by atoms with E-state index in [0.29, 0.717) is 6.26 Å². The van der Waals surface area contributed by atoms with Crippen molar-refractivity contribution in [2.45, 2.75) is 26.1 Å². The molecule has 0 aromatic heterocycles. The van der Waals surface area contributed by atoms with Crippen LogP contribution in [0.15, 0.2) is 0 Å². The molecular formula is C10H20F2K2O10S2. The van der Waals surface area contributed by atoms with Crippen LogP contribution in [0.1, 0.15) is 13.8 Å². The quantitative estimate of drug-likeness (QED) is 0.164. The van der Waals surface area contributed by atoms with Gasteiger partial charge < -0.3 is 18.7 Å². The summed E-state index contributed by atoms with van der Waals surface area (Å²) in [5, 5.41) is 0. The fraction of sp³-hybridized carbons (Fsp3) is 0.800. The van der Waals surface area contributed by atoms with Crippen molar-refractivity contribution in [3.05, 3.63) is 0 Å². The molecule has 0 aromatic rings. The van der Waals surface area contributed by atoms with Gasteiger partial charge in [-0.25, -0.2) is 22.4 Å². The minimum atomic E-state index is -3.92. The summed E-state index contributed by atoms with van der Waals surface area (Å²) < 4.78 is 72.2. The van der Waals surface area contributed by atoms with Crippen molar-refractivity contribution in [3.8, 4) is 0 Å². The van der Waals surface area contributed by atoms with E-state index in [1.54, 1.807) is 0 Å². The summed E-state index contributed by atoms with van der Waals surface area (Å²) in [7, 11) is -5.19. The summed E-state index contributed by atoms with van der Waals surface area (Å²) in [6, 6.07) is 0. The summed E-state index contributed by atoms with van der Waals surface area (Å²) >= 11 is 0. The van der Waals surface area contributed by atoms with Gasteiger partial charge in [-0.3, -0.25) is 4.18 Å². The van der Waals surface area contributed by atoms with Gasteiger partial charge in [-0.15, -0.1) is 0 Å². The number of halogens is 2. The Balaban J connectivity index is -0.0000000586. The summed E-state index contributed by atoms with van der Waals surface area (Å²) in [5.74, 6) is -1.53. The van der Waals surface area contributed by atoms with Crippen molar-refractivity contribution in [2.75, 3.05) is 26.7 Å². The Morgan fingerprint density at radius 2 is 1.19 bits per heavy atom. The van der Waals surface area contributed by atoms with Gasteiger partial charge in [0.2, 0.25) is 0 Å². The maximum atomic E-state index is 11.6. The van der Waals surface area contributed by atoms with E-state index in [9.17, 15) is 22.4 Å². The standard InChI is InChI=1S/C5H10O5S.C4H7FO2.CH4O3S.FH.2K/c1-4(5(6)9-2)10-11(3,7)8;1-3(5)4(6)7-2;1-5(2,3)4;;;/h4H,1-3H3;3H,1-2H3;1H3,(H,2,3,4);1H;;/q;;;;2*+1/p-2/t4-;3-;;;;/m01..../s1. The molecule has 0 unspecified atom stereocenters. The normalized spacial score (nSPS) is 11.7. The smallest absolute Gasteiger partial charge is 1.00 e. The Morgan fingerprint density at radius 1 is 0.923 bits per heavy atom. The first kappa shape index (κ1) is 42.1. The Hall–Kier alpha value is 1.89. The van der Waals surface area contributed by atoms with E-state index in [0.717, 1.165) is 27.4 Å². The van der Waals surface area contributed by atoms with Gasteiger partial charge in [0.1, 0.15) is 0 Å². The van der Waals surface area contributed by atoms with Crippen LogP contribution in [0.5, 0.6) is 0 Å². The maximum absolute atomic E-state index is 11.6. The van der Waals surface area contributed by atoms with Gasteiger partial charge in [0.25, 0.3) is 10.1 Å². The molecule has 0 amide bonds. The molecule has 0 bridgehead atoms. The molecule has 148 valence electrons. The van der Waals surface area contributed by atoms with E-state index in [2.05, 4.69) is 13.7 Å². The minimum absolute atomic E-state index is 0. The third kappa shape index (κ3) is 45.0. The number of ether oxygens (including phenoxy) is 2. The number of carbonyl (C=O) groups is 2. The van der Waals surface area contributed by atoms with Crippen LogP contribution < -0.4 is 107 Å². The molecule has 0 radical (unpaired) electrons. The van der Waals surface area contributed by atoms with Gasteiger partial charge >= 0.3 is 115 Å². The third-order valence-corrected chi connectivity index (χ3v) is 2.02. The fourth-order valence-electron chi connectivity index (χ4n) is 0.630. The first-order chi connectivity index (χ1) is 10.0. The van der Waals surface area contributed by atoms with Crippen molar-refractivity contribution in [2.24, 2.45) is 0 Å². The molecule has 0 saturated heterocycles. The SMILES string of the molecule is COC(=O)[C@@H](C)F.COC(=O)[C@H](C)OS(C)(=O)=O.CS(=O)(=O)[O-].[F-].[K+].[K+]. The molecule has 0 aliphatic rings. The first-order valence-corrected chi connectivity index (χ1v) is 9.27. The van der Waals surface area contributed by atoms with Crippen LogP contribution >= 0.6 is 0 Å². The van der Waals surface area contributed by atoms with Crippen molar-refractivity contribution in [1.82, 2.24) is 0 Å². The number of alkyl halides is 1. The van der Waals surface area contributed by atoms with Gasteiger partial charge in [-0.1, -0.05) is 0 Å². The van der Waals surface area contributed by atoms with Gasteiger partial charge in [0, 0.05) is 6.26 Å². The van der Waals surface area contributed by atoms with E-state index in [-0.39, 0.29) is 107 Å². The molecule has 26 heavy (non-hydrogen) atoms. The second kappa shape index (κ2) is 21.6. The molecule has 10 nitrogen and oxygen atoms in total. The Labute approximate surface area is 237 Å². The summed E-state index contributed by atoms with van der Waals surface area (Å²) in [5.41, 5.74) is 0. The molecule has 0 aliphatic carbocycles. The molecule has 0 spiro atoms. The predicted molar refractivity (Wildman–Crippen MR) is 75.6 cm³/mol. The van der Waals surface area contributed by atoms with Crippen LogP contribution in [0, 0.1) is 0 Å². The molecular weight excluding hydrogens is 460 g/mol. The van der Waals surface area contributed by atoms with Gasteiger partial charge in [0.05, 0.1) is 30.6 Å². The molecule has 0 heterocycles. The maximum Gasteiger partial charge on any atom is 1.00 e. The molecule has 2 atom stereocenters. The van der Waals surface area contributed by atoms with E-state index in [1.165, 1.54) is 6.92 Å². The van der Waals surface area contributed by atoms with Crippen LogP contribution in [0.25, 0.3) is 0 Å². The van der Waals surface area contributed by atoms with E-state index < -0.39 is 44.5 Å². The van der Waals surface area contributed by atoms with Crippen molar-refractivity contribution in [1.29, 1.82) is 0 Å². The van der Waals surface area contributed by atoms with E-state index in [4.69, 9.17) is 13.0 Å². The number of hydrogen-bond acceptors (Lipinski definition) is 10. The van der Waals surface area contributed by atoms with Crippen LogP contribution in [-0.2, 0) is 43.5 Å². The monoisotopic (exact) mass is 480 g/mol. The van der Waals surface area contributed by atoms with Crippen LogP contribution in [0.2, 0.25) is 0 Å². The third-order valence-electron chi connectivity index (χ3n) is 1.38. The van der Waals surface area contributed by atoms with Crippen LogP contribution in [-0.4, -0.2) is 72.3 Å². The fourth-order valence-corrected chi connectivity index (χ4v) is 1.23. The summed E-state index contributed by atoms with van der Waals surface area (Å²) in [4.78, 5) is 20.5. The number of hydrogen-bond donors (Lipinski definition) is 0. The zero-order chi connectivity index (χ0) is 19.4. The molecule has 0 aromatic carbocycles. The first-order valence-electron chi connectivity index (χ1n) is 5.64. The molecule has 0 aliphatic heterocycles. The van der Waals surface area contributed by atoms with Crippen molar-refractivity contribution < 1.29 is 156 Å². The topological polar surface area (TPSA) is 153 Å². The zero-order valence-corrected chi connectivity index (χ0v) is 23.7. The summed E-state index contributed by atoms with van der Waals surface area (Å²) in [6.07, 6.45) is -1.10. The van der Waals surface area contributed by atoms with E-state index in [1.807, 2.05) is 0 Å².